The second-order valence-electron chi connectivity index (χ2n) is 5.58. The van der Waals surface area contributed by atoms with Gasteiger partial charge < -0.3 is 15.0 Å². The largest absolute Gasteiger partial charge is 0.492 e. The monoisotopic (exact) mass is 408 g/mol. The van der Waals surface area contributed by atoms with E-state index in [0.29, 0.717) is 40.9 Å². The van der Waals surface area contributed by atoms with E-state index < -0.39 is 10.5 Å². The van der Waals surface area contributed by atoms with Gasteiger partial charge in [-0.3, -0.25) is 14.9 Å². The highest BCUT2D eigenvalue weighted by molar-refractivity contribution is 6.35. The molecule has 2 aromatic carbocycles. The molecule has 0 bridgehead atoms. The molecule has 0 aliphatic heterocycles. The van der Waals surface area contributed by atoms with Crippen molar-refractivity contribution in [3.63, 3.8) is 0 Å². The number of nitrogens with one attached hydrogen (secondary N) is 2. The quantitative estimate of drug-likeness (QED) is 0.347. The summed E-state index contributed by atoms with van der Waals surface area (Å²) in [6.45, 7) is 0.772. The number of nitrogens with zero attached hydrogens (tertiary/aromatic N) is 2. The molecule has 27 heavy (non-hydrogen) atoms. The van der Waals surface area contributed by atoms with Crippen LogP contribution >= 0.6 is 23.2 Å². The van der Waals surface area contributed by atoms with Crippen molar-refractivity contribution in [2.24, 2.45) is 0 Å². The number of anilines is 1. The number of aromatic nitrogens is 2. The molecule has 0 unspecified atom stereocenters. The third-order valence-corrected chi connectivity index (χ3v) is 4.27. The molecule has 0 amide bonds. The zero-order chi connectivity index (χ0) is 19.4. The van der Waals surface area contributed by atoms with Crippen LogP contribution in [0.5, 0.6) is 5.75 Å². The van der Waals surface area contributed by atoms with Gasteiger partial charge in [-0.25, -0.2) is 4.98 Å². The summed E-state index contributed by atoms with van der Waals surface area (Å²) < 4.78 is 5.57. The summed E-state index contributed by atoms with van der Waals surface area (Å²) in [4.78, 5) is 29.0. The van der Waals surface area contributed by atoms with Gasteiger partial charge in [-0.1, -0.05) is 23.2 Å². The summed E-state index contributed by atoms with van der Waals surface area (Å²) in [5, 5.41) is 15.4. The number of nitro benzene ring substituents is 1. The molecule has 0 aliphatic carbocycles. The first kappa shape index (κ1) is 18.9. The van der Waals surface area contributed by atoms with Crippen molar-refractivity contribution in [2.45, 2.75) is 6.42 Å². The summed E-state index contributed by atoms with van der Waals surface area (Å²) in [6, 6.07) is 7.64. The van der Waals surface area contributed by atoms with E-state index in [0.717, 1.165) is 0 Å². The van der Waals surface area contributed by atoms with Gasteiger partial charge in [0.05, 0.1) is 33.8 Å². The van der Waals surface area contributed by atoms with E-state index in [4.69, 9.17) is 27.9 Å². The zero-order valence-electron chi connectivity index (χ0n) is 13.9. The minimum absolute atomic E-state index is 0.162. The predicted octanol–water partition coefficient (Wildman–Crippen LogP) is 4.02. The van der Waals surface area contributed by atoms with Gasteiger partial charge >= 0.3 is 0 Å². The van der Waals surface area contributed by atoms with Gasteiger partial charge in [-0.05, 0) is 30.7 Å². The highest BCUT2D eigenvalue weighted by Gasteiger charge is 2.16. The SMILES string of the molecule is O=c1[nH]cnc2cc(NCCCOc3ccc(Cl)cc3Cl)c([N+](=O)[O-])cc12. The maximum absolute atomic E-state index is 11.8. The van der Waals surface area contributed by atoms with Crippen molar-refractivity contribution in [2.75, 3.05) is 18.5 Å². The Morgan fingerprint density at radius 3 is 2.81 bits per heavy atom. The molecule has 2 N–H and O–H groups in total. The Labute approximate surface area is 163 Å². The minimum Gasteiger partial charge on any atom is -0.492 e. The summed E-state index contributed by atoms with van der Waals surface area (Å²) in [5.41, 5.74) is 0.0386. The van der Waals surface area contributed by atoms with Gasteiger partial charge in [0, 0.05) is 17.6 Å². The van der Waals surface area contributed by atoms with E-state index in [1.165, 1.54) is 18.5 Å². The van der Waals surface area contributed by atoms with Gasteiger partial charge in [0.2, 0.25) is 0 Å². The third-order valence-electron chi connectivity index (χ3n) is 3.74. The highest BCUT2D eigenvalue weighted by Crippen LogP contribution is 2.29. The molecule has 0 saturated heterocycles. The number of hydrogen-bond acceptors (Lipinski definition) is 6. The van der Waals surface area contributed by atoms with Crippen LogP contribution in [0.15, 0.2) is 41.5 Å². The number of fused-ring (bicyclic) bond motifs is 1. The van der Waals surface area contributed by atoms with E-state index in [2.05, 4.69) is 15.3 Å². The molecule has 3 rings (SSSR count). The van der Waals surface area contributed by atoms with Crippen LogP contribution in [0, 0.1) is 10.1 Å². The Morgan fingerprint density at radius 2 is 2.07 bits per heavy atom. The molecule has 10 heteroatoms. The van der Waals surface area contributed by atoms with E-state index in [9.17, 15) is 14.9 Å². The van der Waals surface area contributed by atoms with Crippen LogP contribution in [0.25, 0.3) is 10.9 Å². The standard InChI is InChI=1S/C17H14Cl2N4O4/c18-10-2-3-16(12(19)6-10)27-5-1-4-20-14-8-13-11(7-15(14)23(25)26)17(24)22-9-21-13/h2-3,6-9,20H,1,4-5H2,(H,21,22,24). The molecule has 0 spiro atoms. The molecule has 0 radical (unpaired) electrons. The van der Waals surface area contributed by atoms with Crippen molar-refractivity contribution in [1.82, 2.24) is 9.97 Å². The average Bonchev–Trinajstić information content (AvgIpc) is 2.62. The van der Waals surface area contributed by atoms with Crippen LogP contribution < -0.4 is 15.6 Å². The van der Waals surface area contributed by atoms with E-state index in [1.54, 1.807) is 18.2 Å². The van der Waals surface area contributed by atoms with Gasteiger partial charge in [0.1, 0.15) is 11.4 Å². The third kappa shape index (κ3) is 4.47. The second kappa shape index (κ2) is 8.24. The fraction of sp³-hybridized carbons (Fsp3) is 0.176. The van der Waals surface area contributed by atoms with Gasteiger partial charge in [-0.15, -0.1) is 0 Å². The Bertz CT molecular complexity index is 1050. The summed E-state index contributed by atoms with van der Waals surface area (Å²) in [6.07, 6.45) is 1.82. The predicted molar refractivity (Wildman–Crippen MR) is 104 cm³/mol. The molecule has 0 fully saturated rings. The Kier molecular flexibility index (Phi) is 5.78. The molecule has 0 atom stereocenters. The van der Waals surface area contributed by atoms with Gasteiger partial charge in [-0.2, -0.15) is 0 Å². The lowest BCUT2D eigenvalue weighted by Crippen LogP contribution is -2.11. The van der Waals surface area contributed by atoms with Crippen molar-refractivity contribution >= 4 is 45.5 Å². The number of halogens is 2. The number of aromatic amines is 1. The van der Waals surface area contributed by atoms with Gasteiger partial charge in [0.25, 0.3) is 11.2 Å². The number of ether oxygens (including phenoxy) is 1. The maximum Gasteiger partial charge on any atom is 0.293 e. The normalized spacial score (nSPS) is 10.7. The lowest BCUT2D eigenvalue weighted by atomic mass is 10.2. The van der Waals surface area contributed by atoms with Crippen molar-refractivity contribution < 1.29 is 9.66 Å². The van der Waals surface area contributed by atoms with Crippen LogP contribution in [-0.2, 0) is 0 Å². The molecular formula is C17H14Cl2N4O4. The summed E-state index contributed by atoms with van der Waals surface area (Å²) >= 11 is 11.9. The molecule has 8 nitrogen and oxygen atoms in total. The van der Waals surface area contributed by atoms with Crippen LogP contribution in [0.2, 0.25) is 10.0 Å². The van der Waals surface area contributed by atoms with E-state index in [-0.39, 0.29) is 16.8 Å². The number of nitro groups is 1. The Balaban J connectivity index is 1.65. The first-order chi connectivity index (χ1) is 13.0. The van der Waals surface area contributed by atoms with Gasteiger partial charge in [0.15, 0.2) is 0 Å². The van der Waals surface area contributed by atoms with Crippen LogP contribution in [0.4, 0.5) is 11.4 Å². The lowest BCUT2D eigenvalue weighted by Gasteiger charge is -2.10. The number of hydrogen-bond donors (Lipinski definition) is 2. The molecule has 140 valence electrons. The maximum atomic E-state index is 11.8. The second-order valence-corrected chi connectivity index (χ2v) is 6.42. The Hall–Kier alpha value is -2.84. The molecule has 1 aromatic heterocycles. The molecule has 3 aromatic rings. The Morgan fingerprint density at radius 1 is 1.26 bits per heavy atom. The summed E-state index contributed by atoms with van der Waals surface area (Å²) in [7, 11) is 0. The van der Waals surface area contributed by atoms with Crippen LogP contribution in [0.3, 0.4) is 0 Å². The number of rotatable bonds is 7. The fourth-order valence-corrected chi connectivity index (χ4v) is 2.93. The van der Waals surface area contributed by atoms with Crippen molar-refractivity contribution in [3.8, 4) is 5.75 Å². The molecule has 1 heterocycles. The molecular weight excluding hydrogens is 395 g/mol. The number of benzene rings is 2. The van der Waals surface area contributed by atoms with E-state index in [1.807, 2.05) is 0 Å². The van der Waals surface area contributed by atoms with Crippen molar-refractivity contribution in [1.29, 1.82) is 0 Å². The van der Waals surface area contributed by atoms with Crippen molar-refractivity contribution in [3.05, 3.63) is 67.2 Å². The molecule has 0 aliphatic rings. The molecule has 0 saturated carbocycles. The first-order valence-electron chi connectivity index (χ1n) is 7.93. The summed E-state index contributed by atoms with van der Waals surface area (Å²) in [5.74, 6) is 0.515. The highest BCUT2D eigenvalue weighted by atomic mass is 35.5. The van der Waals surface area contributed by atoms with Crippen LogP contribution in [-0.4, -0.2) is 28.0 Å². The zero-order valence-corrected chi connectivity index (χ0v) is 15.4. The first-order valence-corrected chi connectivity index (χ1v) is 8.69. The fourth-order valence-electron chi connectivity index (χ4n) is 2.47. The minimum atomic E-state index is -0.543. The lowest BCUT2D eigenvalue weighted by molar-refractivity contribution is -0.383. The van der Waals surface area contributed by atoms with Crippen LogP contribution in [0.1, 0.15) is 6.42 Å². The topological polar surface area (TPSA) is 110 Å². The average molecular weight is 409 g/mol. The number of H-pyrrole nitrogens is 1. The van der Waals surface area contributed by atoms with E-state index >= 15 is 0 Å². The smallest absolute Gasteiger partial charge is 0.293 e.